The van der Waals surface area contributed by atoms with E-state index in [9.17, 15) is 14.7 Å². The highest BCUT2D eigenvalue weighted by atomic mass is 35.5. The third-order valence-electron chi connectivity index (χ3n) is 2.75. The van der Waals surface area contributed by atoms with E-state index < -0.39 is 23.6 Å². The van der Waals surface area contributed by atoms with Crippen LogP contribution in [0.25, 0.3) is 0 Å². The Hall–Kier alpha value is -1.59. The van der Waals surface area contributed by atoms with E-state index in [1.807, 2.05) is 0 Å². The van der Waals surface area contributed by atoms with Gasteiger partial charge in [-0.05, 0) is 25.5 Å². The van der Waals surface area contributed by atoms with Crippen molar-refractivity contribution in [1.29, 1.82) is 0 Å². The number of carbonyl (C=O) groups is 2. The molecule has 0 aliphatic rings. The Kier molecular flexibility index (Phi) is 4.91. The number of carboxylic acid groups (broad SMARTS) is 1. The van der Waals surface area contributed by atoms with Gasteiger partial charge in [0.2, 0.25) is 0 Å². The quantitative estimate of drug-likeness (QED) is 0.638. The Morgan fingerprint density at radius 3 is 2.32 bits per heavy atom. The van der Waals surface area contributed by atoms with Crippen molar-refractivity contribution in [3.63, 3.8) is 0 Å². The molecule has 0 saturated heterocycles. The van der Waals surface area contributed by atoms with Crippen molar-refractivity contribution in [2.45, 2.75) is 32.0 Å². The summed E-state index contributed by atoms with van der Waals surface area (Å²) in [5, 5.41) is 19.6. The molecule has 104 valence electrons. The molecule has 1 aromatic rings. The average Bonchev–Trinajstić information content (AvgIpc) is 2.38. The summed E-state index contributed by atoms with van der Waals surface area (Å²) < 4.78 is 4.91. The Labute approximate surface area is 115 Å². The zero-order chi connectivity index (χ0) is 14.6. The smallest absolute Gasteiger partial charge is 0.355 e. The van der Waals surface area contributed by atoms with Crippen LogP contribution in [-0.4, -0.2) is 28.3 Å². The molecule has 19 heavy (non-hydrogen) atoms. The van der Waals surface area contributed by atoms with E-state index in [2.05, 4.69) is 0 Å². The van der Waals surface area contributed by atoms with Crippen LogP contribution in [0.5, 0.6) is 0 Å². The third kappa shape index (κ3) is 3.24. The monoisotopic (exact) mass is 286 g/mol. The van der Waals surface area contributed by atoms with E-state index in [4.69, 9.17) is 21.4 Å². The standard InChI is InChI=1S/C13H15ClO5/c1-3-8(2)19-12(17)13(18,11(15)16)9-4-6-10(14)7-5-9/h4-8,18H,3H2,1-2H3,(H,15,16). The molecule has 2 atom stereocenters. The Balaban J connectivity index is 3.13. The third-order valence-corrected chi connectivity index (χ3v) is 3.00. The fraction of sp³-hybridized carbons (Fsp3) is 0.385. The second kappa shape index (κ2) is 6.04. The summed E-state index contributed by atoms with van der Waals surface area (Å²) in [5.41, 5.74) is -2.83. The van der Waals surface area contributed by atoms with Crippen LogP contribution in [0.4, 0.5) is 0 Å². The molecule has 1 rings (SSSR count). The van der Waals surface area contributed by atoms with Gasteiger partial charge < -0.3 is 14.9 Å². The number of carboxylic acids is 1. The van der Waals surface area contributed by atoms with Crippen LogP contribution < -0.4 is 0 Å². The minimum Gasteiger partial charge on any atom is -0.478 e. The Morgan fingerprint density at radius 2 is 1.89 bits per heavy atom. The molecule has 0 bridgehead atoms. The normalized spacial score (nSPS) is 15.4. The number of carbonyl (C=O) groups excluding carboxylic acids is 1. The van der Waals surface area contributed by atoms with Crippen molar-refractivity contribution in [2.75, 3.05) is 0 Å². The van der Waals surface area contributed by atoms with Crippen LogP contribution >= 0.6 is 11.6 Å². The molecule has 0 aliphatic carbocycles. The van der Waals surface area contributed by atoms with E-state index >= 15 is 0 Å². The first-order valence-electron chi connectivity index (χ1n) is 5.75. The highest BCUT2D eigenvalue weighted by Gasteiger charge is 2.48. The fourth-order valence-electron chi connectivity index (χ4n) is 1.37. The van der Waals surface area contributed by atoms with Crippen molar-refractivity contribution in [1.82, 2.24) is 0 Å². The number of rotatable bonds is 5. The Bertz CT molecular complexity index is 470. The number of benzene rings is 1. The van der Waals surface area contributed by atoms with Gasteiger partial charge in [0.25, 0.3) is 5.60 Å². The lowest BCUT2D eigenvalue weighted by Gasteiger charge is -2.23. The zero-order valence-corrected chi connectivity index (χ0v) is 11.3. The highest BCUT2D eigenvalue weighted by Crippen LogP contribution is 2.25. The first-order valence-corrected chi connectivity index (χ1v) is 6.13. The van der Waals surface area contributed by atoms with Gasteiger partial charge in [-0.1, -0.05) is 30.7 Å². The maximum atomic E-state index is 11.9. The molecule has 0 aromatic heterocycles. The predicted molar refractivity (Wildman–Crippen MR) is 68.8 cm³/mol. The summed E-state index contributed by atoms with van der Waals surface area (Å²) in [6.45, 7) is 3.39. The van der Waals surface area contributed by atoms with Gasteiger partial charge in [0.05, 0.1) is 6.10 Å². The van der Waals surface area contributed by atoms with E-state index in [-0.39, 0.29) is 5.56 Å². The lowest BCUT2D eigenvalue weighted by molar-refractivity contribution is -0.184. The predicted octanol–water partition coefficient (Wildman–Crippen LogP) is 1.95. The molecule has 2 N–H and O–H groups in total. The minimum atomic E-state index is -2.73. The summed E-state index contributed by atoms with van der Waals surface area (Å²) in [4.78, 5) is 23.1. The number of hydrogen-bond donors (Lipinski definition) is 2. The van der Waals surface area contributed by atoms with Crippen LogP contribution in [0, 0.1) is 0 Å². The summed E-state index contributed by atoms with van der Waals surface area (Å²) in [6.07, 6.45) is 0.0351. The topological polar surface area (TPSA) is 83.8 Å². The summed E-state index contributed by atoms with van der Waals surface area (Å²) >= 11 is 5.68. The number of esters is 1. The molecule has 0 amide bonds. The largest absolute Gasteiger partial charge is 0.478 e. The van der Waals surface area contributed by atoms with Gasteiger partial charge in [0.1, 0.15) is 0 Å². The molecule has 0 fully saturated rings. The first kappa shape index (κ1) is 15.5. The van der Waals surface area contributed by atoms with E-state index in [0.29, 0.717) is 11.4 Å². The molecular formula is C13H15ClO5. The van der Waals surface area contributed by atoms with Crippen molar-refractivity contribution >= 4 is 23.5 Å². The van der Waals surface area contributed by atoms with Gasteiger partial charge >= 0.3 is 11.9 Å². The molecular weight excluding hydrogens is 272 g/mol. The number of ether oxygens (including phenoxy) is 1. The second-order valence-electron chi connectivity index (χ2n) is 4.15. The number of aliphatic hydroxyl groups is 1. The van der Waals surface area contributed by atoms with Gasteiger partial charge in [-0.2, -0.15) is 0 Å². The maximum Gasteiger partial charge on any atom is 0.355 e. The maximum absolute atomic E-state index is 11.9. The van der Waals surface area contributed by atoms with Gasteiger partial charge in [-0.3, -0.25) is 0 Å². The summed E-state index contributed by atoms with van der Waals surface area (Å²) in [5.74, 6) is -2.90. The number of halogens is 1. The molecule has 5 nitrogen and oxygen atoms in total. The molecule has 6 heteroatoms. The second-order valence-corrected chi connectivity index (χ2v) is 4.58. The van der Waals surface area contributed by atoms with Crippen molar-refractivity contribution in [2.24, 2.45) is 0 Å². The molecule has 1 aromatic carbocycles. The molecule has 0 aliphatic heterocycles. The van der Waals surface area contributed by atoms with Crippen molar-refractivity contribution in [3.8, 4) is 0 Å². The summed E-state index contributed by atoms with van der Waals surface area (Å²) in [7, 11) is 0. The van der Waals surface area contributed by atoms with Crippen LogP contribution in [0.2, 0.25) is 5.02 Å². The van der Waals surface area contributed by atoms with E-state index in [1.54, 1.807) is 13.8 Å². The minimum absolute atomic E-state index is 0.0993. The highest BCUT2D eigenvalue weighted by molar-refractivity contribution is 6.30. The molecule has 0 saturated carbocycles. The van der Waals surface area contributed by atoms with E-state index in [0.717, 1.165) is 0 Å². The lowest BCUT2D eigenvalue weighted by atomic mass is 9.94. The molecule has 2 unspecified atom stereocenters. The van der Waals surface area contributed by atoms with Crippen LogP contribution in [0.1, 0.15) is 25.8 Å². The molecule has 0 heterocycles. The molecule has 0 spiro atoms. The fourth-order valence-corrected chi connectivity index (χ4v) is 1.50. The van der Waals surface area contributed by atoms with Gasteiger partial charge in [-0.15, -0.1) is 0 Å². The average molecular weight is 287 g/mol. The van der Waals surface area contributed by atoms with Crippen molar-refractivity contribution < 1.29 is 24.5 Å². The van der Waals surface area contributed by atoms with Crippen LogP contribution in [-0.2, 0) is 19.9 Å². The Morgan fingerprint density at radius 1 is 1.37 bits per heavy atom. The van der Waals surface area contributed by atoms with Crippen LogP contribution in [0.3, 0.4) is 0 Å². The number of aliphatic carboxylic acids is 1. The van der Waals surface area contributed by atoms with Crippen molar-refractivity contribution in [3.05, 3.63) is 34.9 Å². The summed E-state index contributed by atoms with van der Waals surface area (Å²) in [6, 6.07) is 5.32. The molecule has 0 radical (unpaired) electrons. The van der Waals surface area contributed by atoms with Gasteiger partial charge in [0, 0.05) is 10.6 Å². The van der Waals surface area contributed by atoms with Gasteiger partial charge in [-0.25, -0.2) is 9.59 Å². The van der Waals surface area contributed by atoms with E-state index in [1.165, 1.54) is 24.3 Å². The SMILES string of the molecule is CCC(C)OC(=O)C(O)(C(=O)O)c1ccc(Cl)cc1. The van der Waals surface area contributed by atoms with Gasteiger partial charge in [0.15, 0.2) is 0 Å². The lowest BCUT2D eigenvalue weighted by Crippen LogP contribution is -2.45. The first-order chi connectivity index (χ1) is 8.82. The zero-order valence-electron chi connectivity index (χ0n) is 10.6. The van der Waals surface area contributed by atoms with Crippen LogP contribution in [0.15, 0.2) is 24.3 Å². The number of hydrogen-bond acceptors (Lipinski definition) is 4.